The third-order valence-electron chi connectivity index (χ3n) is 4.09. The fourth-order valence-corrected chi connectivity index (χ4v) is 2.82. The van der Waals surface area contributed by atoms with Crippen LogP contribution in [-0.4, -0.2) is 35.3 Å². The molecule has 1 fully saturated rings. The van der Waals surface area contributed by atoms with Crippen molar-refractivity contribution in [3.8, 4) is 0 Å². The summed E-state index contributed by atoms with van der Waals surface area (Å²) in [5.41, 5.74) is -0.0126. The lowest BCUT2D eigenvalue weighted by atomic mass is 9.86. The predicted molar refractivity (Wildman–Crippen MR) is 82.5 cm³/mol. The number of rotatable bonds is 5. The van der Waals surface area contributed by atoms with Gasteiger partial charge < -0.3 is 15.4 Å². The molecule has 1 aromatic rings. The third kappa shape index (κ3) is 3.33. The Balaban J connectivity index is 2.09. The monoisotopic (exact) mass is 298 g/mol. The van der Waals surface area contributed by atoms with Gasteiger partial charge in [0.1, 0.15) is 5.02 Å². The van der Waals surface area contributed by atoms with Crippen LogP contribution in [0.5, 0.6) is 0 Å². The summed E-state index contributed by atoms with van der Waals surface area (Å²) in [6, 6.07) is 0.334. The molecule has 2 rings (SSSR count). The molecule has 1 saturated heterocycles. The minimum Gasteiger partial charge on any atom is -0.375 e. The van der Waals surface area contributed by atoms with Gasteiger partial charge in [0.25, 0.3) is 0 Å². The van der Waals surface area contributed by atoms with E-state index in [2.05, 4.69) is 34.4 Å². The first-order chi connectivity index (χ1) is 9.62. The van der Waals surface area contributed by atoms with E-state index in [1.54, 1.807) is 13.2 Å². The summed E-state index contributed by atoms with van der Waals surface area (Å²) in [5, 5.41) is 6.92. The van der Waals surface area contributed by atoms with Crippen LogP contribution in [-0.2, 0) is 4.74 Å². The Morgan fingerprint density at radius 2 is 2.20 bits per heavy atom. The quantitative estimate of drug-likeness (QED) is 0.873. The van der Waals surface area contributed by atoms with Crippen LogP contribution in [0.2, 0.25) is 5.02 Å². The molecule has 1 unspecified atom stereocenters. The minimum absolute atomic E-state index is 0.0126. The molecule has 112 valence electrons. The van der Waals surface area contributed by atoms with Gasteiger partial charge in [0.2, 0.25) is 5.95 Å². The highest BCUT2D eigenvalue weighted by Crippen LogP contribution is 2.33. The number of aromatic nitrogens is 2. The molecule has 0 saturated carbocycles. The lowest BCUT2D eigenvalue weighted by Gasteiger charge is -2.40. The molecule has 0 radical (unpaired) electrons. The van der Waals surface area contributed by atoms with Crippen LogP contribution < -0.4 is 10.6 Å². The zero-order valence-corrected chi connectivity index (χ0v) is 13.1. The molecule has 1 aromatic heterocycles. The first kappa shape index (κ1) is 15.3. The average Bonchev–Trinajstić information content (AvgIpc) is 2.49. The summed E-state index contributed by atoms with van der Waals surface area (Å²) in [7, 11) is 1.79. The zero-order valence-electron chi connectivity index (χ0n) is 12.4. The fourth-order valence-electron chi connectivity index (χ4n) is 2.68. The van der Waals surface area contributed by atoms with Crippen LogP contribution in [0.25, 0.3) is 0 Å². The zero-order chi connectivity index (χ0) is 14.6. The van der Waals surface area contributed by atoms with Crippen molar-refractivity contribution in [2.24, 2.45) is 0 Å². The number of nitrogens with zero attached hydrogens (tertiary/aromatic N) is 2. The molecular formula is C14H23ClN4O. The number of nitrogens with one attached hydrogen (secondary N) is 2. The van der Waals surface area contributed by atoms with Gasteiger partial charge in [0.05, 0.1) is 11.8 Å². The van der Waals surface area contributed by atoms with Crippen molar-refractivity contribution in [2.75, 3.05) is 24.3 Å². The normalized spacial score (nSPS) is 21.5. The van der Waals surface area contributed by atoms with E-state index in [-0.39, 0.29) is 5.60 Å². The summed E-state index contributed by atoms with van der Waals surface area (Å²) in [4.78, 5) is 8.47. The first-order valence-electron chi connectivity index (χ1n) is 7.23. The van der Waals surface area contributed by atoms with E-state index < -0.39 is 0 Å². The fraction of sp³-hybridized carbons (Fsp3) is 0.714. The maximum atomic E-state index is 6.16. The van der Waals surface area contributed by atoms with Crippen LogP contribution in [0.4, 0.5) is 11.8 Å². The third-order valence-corrected chi connectivity index (χ3v) is 4.37. The molecule has 0 aromatic carbocycles. The summed E-state index contributed by atoms with van der Waals surface area (Å²) in [6.07, 6.45) is 5.63. The van der Waals surface area contributed by atoms with Crippen molar-refractivity contribution < 1.29 is 4.74 Å². The van der Waals surface area contributed by atoms with Gasteiger partial charge in [-0.15, -0.1) is 0 Å². The number of ether oxygens (including phenoxy) is 1. The van der Waals surface area contributed by atoms with Gasteiger partial charge in [0, 0.05) is 19.7 Å². The highest BCUT2D eigenvalue weighted by molar-refractivity contribution is 6.32. The maximum Gasteiger partial charge on any atom is 0.224 e. The lowest BCUT2D eigenvalue weighted by molar-refractivity contribution is -0.0864. The summed E-state index contributed by atoms with van der Waals surface area (Å²) in [5.74, 6) is 1.26. The average molecular weight is 299 g/mol. The predicted octanol–water partition coefficient (Wildman–Crippen LogP) is 3.32. The van der Waals surface area contributed by atoms with Crippen molar-refractivity contribution in [3.05, 3.63) is 11.2 Å². The minimum atomic E-state index is -0.0126. The number of anilines is 2. The van der Waals surface area contributed by atoms with E-state index >= 15 is 0 Å². The first-order valence-corrected chi connectivity index (χ1v) is 7.61. The molecular weight excluding hydrogens is 276 g/mol. The van der Waals surface area contributed by atoms with Gasteiger partial charge in [-0.25, -0.2) is 4.98 Å². The molecule has 20 heavy (non-hydrogen) atoms. The molecule has 0 amide bonds. The second kappa shape index (κ2) is 6.59. The molecule has 1 atom stereocenters. The highest BCUT2D eigenvalue weighted by atomic mass is 35.5. The van der Waals surface area contributed by atoms with Crippen LogP contribution in [0, 0.1) is 0 Å². The Bertz CT molecular complexity index is 451. The second-order valence-corrected chi connectivity index (χ2v) is 5.62. The van der Waals surface area contributed by atoms with Crippen LogP contribution >= 0.6 is 11.6 Å². The van der Waals surface area contributed by atoms with E-state index in [1.165, 1.54) is 0 Å². The van der Waals surface area contributed by atoms with Crippen LogP contribution in [0.1, 0.15) is 39.5 Å². The molecule has 0 spiro atoms. The van der Waals surface area contributed by atoms with Gasteiger partial charge >= 0.3 is 0 Å². The maximum absolute atomic E-state index is 6.16. The van der Waals surface area contributed by atoms with Gasteiger partial charge in [-0.05, 0) is 25.7 Å². The largest absolute Gasteiger partial charge is 0.375 e. The molecule has 0 aliphatic carbocycles. The standard InChI is InChI=1S/C14H23ClN4O/c1-4-14(5-2)8-10(6-7-20-14)18-12-11(15)9-17-13(16-3)19-12/h9-10H,4-8H2,1-3H3,(H2,16,17,18,19). The Morgan fingerprint density at radius 1 is 1.45 bits per heavy atom. The number of hydrogen-bond donors (Lipinski definition) is 2. The van der Waals surface area contributed by atoms with E-state index in [0.717, 1.165) is 32.3 Å². The summed E-state index contributed by atoms with van der Waals surface area (Å²) in [6.45, 7) is 5.15. The SMILES string of the molecule is CCC1(CC)CC(Nc2nc(NC)ncc2Cl)CCO1. The van der Waals surface area contributed by atoms with Crippen molar-refractivity contribution in [1.29, 1.82) is 0 Å². The van der Waals surface area contributed by atoms with Crippen LogP contribution in [0.3, 0.4) is 0 Å². The Morgan fingerprint density at radius 3 is 2.85 bits per heavy atom. The molecule has 0 bridgehead atoms. The van der Waals surface area contributed by atoms with Gasteiger partial charge in [-0.1, -0.05) is 25.4 Å². The molecule has 2 N–H and O–H groups in total. The molecule has 2 heterocycles. The Labute approximate surface area is 125 Å². The Kier molecular flexibility index (Phi) is 5.05. The van der Waals surface area contributed by atoms with E-state index in [9.17, 15) is 0 Å². The number of halogens is 1. The molecule has 6 heteroatoms. The smallest absolute Gasteiger partial charge is 0.224 e. The van der Waals surface area contributed by atoms with Crippen molar-refractivity contribution in [2.45, 2.75) is 51.2 Å². The molecule has 1 aliphatic rings. The lowest BCUT2D eigenvalue weighted by Crippen LogP contribution is -2.43. The number of hydrogen-bond acceptors (Lipinski definition) is 5. The molecule has 5 nitrogen and oxygen atoms in total. The molecule has 1 aliphatic heterocycles. The van der Waals surface area contributed by atoms with E-state index in [1.807, 2.05) is 0 Å². The van der Waals surface area contributed by atoms with Crippen molar-refractivity contribution in [1.82, 2.24) is 9.97 Å². The van der Waals surface area contributed by atoms with E-state index in [4.69, 9.17) is 16.3 Å². The second-order valence-electron chi connectivity index (χ2n) is 5.21. The summed E-state index contributed by atoms with van der Waals surface area (Å²) >= 11 is 6.16. The van der Waals surface area contributed by atoms with Gasteiger partial charge in [-0.2, -0.15) is 4.98 Å². The highest BCUT2D eigenvalue weighted by Gasteiger charge is 2.34. The Hall–Kier alpha value is -1.07. The van der Waals surface area contributed by atoms with Gasteiger partial charge in [-0.3, -0.25) is 0 Å². The summed E-state index contributed by atoms with van der Waals surface area (Å²) < 4.78 is 5.99. The van der Waals surface area contributed by atoms with Crippen LogP contribution in [0.15, 0.2) is 6.20 Å². The van der Waals surface area contributed by atoms with Gasteiger partial charge in [0.15, 0.2) is 5.82 Å². The van der Waals surface area contributed by atoms with E-state index in [0.29, 0.717) is 22.8 Å². The topological polar surface area (TPSA) is 59.1 Å². The van der Waals surface area contributed by atoms with Crippen molar-refractivity contribution >= 4 is 23.4 Å². The van der Waals surface area contributed by atoms with Crippen molar-refractivity contribution in [3.63, 3.8) is 0 Å².